The van der Waals surface area contributed by atoms with Gasteiger partial charge in [0, 0.05) is 17.0 Å². The molecule has 2 aliphatic heterocycles. The van der Waals surface area contributed by atoms with Crippen molar-refractivity contribution in [3.05, 3.63) is 50.2 Å². The van der Waals surface area contributed by atoms with Crippen molar-refractivity contribution in [3.8, 4) is 0 Å². The predicted molar refractivity (Wildman–Crippen MR) is 111 cm³/mol. The average molecular weight is 410 g/mol. The second-order valence-electron chi connectivity index (χ2n) is 8.38. The Labute approximate surface area is 173 Å². The summed E-state index contributed by atoms with van der Waals surface area (Å²) in [6.07, 6.45) is 5.30. The summed E-state index contributed by atoms with van der Waals surface area (Å²) in [6, 6.07) is 5.59. The molecular formula is C23H23NO4S. The summed E-state index contributed by atoms with van der Waals surface area (Å²) >= 11 is 1.49. The maximum atomic E-state index is 12.7. The summed E-state index contributed by atoms with van der Waals surface area (Å²) in [7, 11) is 0. The van der Waals surface area contributed by atoms with E-state index in [9.17, 15) is 14.4 Å². The molecule has 5 nitrogen and oxygen atoms in total. The number of benzene rings is 1. The average Bonchev–Trinajstić information content (AvgIpc) is 3.27. The first kappa shape index (κ1) is 18.6. The van der Waals surface area contributed by atoms with E-state index in [-0.39, 0.29) is 18.3 Å². The highest BCUT2D eigenvalue weighted by molar-refractivity contribution is 7.14. The van der Waals surface area contributed by atoms with Gasteiger partial charge in [0.1, 0.15) is 4.88 Å². The molecule has 1 aliphatic carbocycles. The number of rotatable bonds is 4. The highest BCUT2D eigenvalue weighted by atomic mass is 32.1. The Kier molecular flexibility index (Phi) is 4.54. The smallest absolute Gasteiger partial charge is 0.348 e. The summed E-state index contributed by atoms with van der Waals surface area (Å²) in [6.45, 7) is 2.72. The Hall–Kier alpha value is -2.47. The number of thiophene rings is 1. The van der Waals surface area contributed by atoms with Gasteiger partial charge in [0.05, 0.1) is 12.1 Å². The lowest BCUT2D eigenvalue weighted by molar-refractivity contribution is -0.117. The summed E-state index contributed by atoms with van der Waals surface area (Å²) in [5, 5.41) is 0. The fourth-order valence-corrected chi connectivity index (χ4v) is 5.83. The second kappa shape index (κ2) is 7.10. The van der Waals surface area contributed by atoms with Crippen molar-refractivity contribution >= 4 is 34.7 Å². The van der Waals surface area contributed by atoms with Crippen molar-refractivity contribution in [3.63, 3.8) is 0 Å². The molecular weight excluding hydrogens is 386 g/mol. The fraction of sp³-hybridized carbons (Fsp3) is 0.435. The van der Waals surface area contributed by atoms with Gasteiger partial charge in [-0.2, -0.15) is 0 Å². The van der Waals surface area contributed by atoms with Crippen LogP contribution in [0.5, 0.6) is 0 Å². The predicted octanol–water partition coefficient (Wildman–Crippen LogP) is 3.75. The molecule has 0 saturated heterocycles. The number of ketones is 1. The number of ether oxygens (including phenoxy) is 1. The lowest BCUT2D eigenvalue weighted by Crippen LogP contribution is -2.31. The molecule has 0 N–H and O–H groups in total. The van der Waals surface area contributed by atoms with Crippen LogP contribution in [0.4, 0.5) is 5.69 Å². The molecule has 1 aromatic carbocycles. The zero-order chi connectivity index (χ0) is 20.1. The normalized spacial score (nSPS) is 19.7. The number of amides is 1. The monoisotopic (exact) mass is 409 g/mol. The highest BCUT2D eigenvalue weighted by Gasteiger charge is 2.33. The minimum Gasteiger partial charge on any atom is -0.453 e. The molecule has 0 fully saturated rings. The van der Waals surface area contributed by atoms with E-state index in [1.54, 1.807) is 6.07 Å². The molecule has 5 rings (SSSR count). The van der Waals surface area contributed by atoms with Gasteiger partial charge < -0.3 is 9.64 Å². The number of Topliss-reactive ketones (excluding diaryl/α,β-unsaturated/α-hetero) is 1. The van der Waals surface area contributed by atoms with Gasteiger partial charge in [0.2, 0.25) is 5.91 Å². The van der Waals surface area contributed by atoms with Gasteiger partial charge >= 0.3 is 5.97 Å². The van der Waals surface area contributed by atoms with E-state index in [0.717, 1.165) is 55.5 Å². The van der Waals surface area contributed by atoms with E-state index in [4.69, 9.17) is 4.74 Å². The van der Waals surface area contributed by atoms with Gasteiger partial charge in [-0.15, -0.1) is 11.3 Å². The van der Waals surface area contributed by atoms with Crippen LogP contribution in [0.15, 0.2) is 18.2 Å². The number of anilines is 1. The standard InChI is InChI=1S/C23H23NO4S/c1-13-4-5-19-16(7-13)10-20(29-19)23(27)28-12-18(25)15-8-14-3-2-6-24-21(26)11-17(9-15)22(14)24/h8-10,13H,2-7,11-12H2,1H3. The first-order chi connectivity index (χ1) is 14.0. The van der Waals surface area contributed by atoms with Crippen molar-refractivity contribution in [2.75, 3.05) is 18.1 Å². The minimum atomic E-state index is -0.422. The van der Waals surface area contributed by atoms with Gasteiger partial charge in [0.15, 0.2) is 12.4 Å². The third kappa shape index (κ3) is 3.29. The Bertz CT molecular complexity index is 1040. The van der Waals surface area contributed by atoms with E-state index in [2.05, 4.69) is 6.92 Å². The molecule has 1 unspecified atom stereocenters. The van der Waals surface area contributed by atoms with Gasteiger partial charge in [-0.25, -0.2) is 4.79 Å². The van der Waals surface area contributed by atoms with E-state index in [0.29, 0.717) is 22.8 Å². The largest absolute Gasteiger partial charge is 0.453 e. The van der Waals surface area contributed by atoms with E-state index in [1.807, 2.05) is 17.0 Å². The maximum absolute atomic E-state index is 12.7. The van der Waals surface area contributed by atoms with Crippen LogP contribution in [0.3, 0.4) is 0 Å². The zero-order valence-corrected chi connectivity index (χ0v) is 17.3. The highest BCUT2D eigenvalue weighted by Crippen LogP contribution is 2.38. The SMILES string of the molecule is CC1CCc2sc(C(=O)OCC(=O)c3cc4c5c(c3)CC(=O)N5CCC4)cc2C1. The molecule has 1 aromatic heterocycles. The number of aryl methyl sites for hydroxylation is 2. The minimum absolute atomic E-state index is 0.105. The van der Waals surface area contributed by atoms with Crippen LogP contribution in [-0.2, 0) is 35.2 Å². The summed E-state index contributed by atoms with van der Waals surface area (Å²) in [5.74, 6) is 0.109. The third-order valence-electron chi connectivity index (χ3n) is 6.20. The molecule has 0 saturated carbocycles. The van der Waals surface area contributed by atoms with Crippen LogP contribution in [0.1, 0.15) is 61.4 Å². The first-order valence-electron chi connectivity index (χ1n) is 10.3. The van der Waals surface area contributed by atoms with Crippen molar-refractivity contribution in [1.82, 2.24) is 0 Å². The van der Waals surface area contributed by atoms with Crippen LogP contribution in [0.25, 0.3) is 0 Å². The molecule has 3 aliphatic rings. The fourth-order valence-electron chi connectivity index (χ4n) is 4.73. The van der Waals surface area contributed by atoms with Crippen LogP contribution in [0.2, 0.25) is 0 Å². The number of carbonyl (C=O) groups is 3. The molecule has 2 aromatic rings. The number of hydrogen-bond acceptors (Lipinski definition) is 5. The Morgan fingerprint density at radius 1 is 1.17 bits per heavy atom. The maximum Gasteiger partial charge on any atom is 0.348 e. The third-order valence-corrected chi connectivity index (χ3v) is 7.41. The van der Waals surface area contributed by atoms with Crippen molar-refractivity contribution < 1.29 is 19.1 Å². The quantitative estimate of drug-likeness (QED) is 0.570. The lowest BCUT2D eigenvalue weighted by Gasteiger charge is -2.25. The van der Waals surface area contributed by atoms with Gasteiger partial charge in [-0.05, 0) is 72.9 Å². The lowest BCUT2D eigenvalue weighted by atomic mass is 9.90. The molecule has 0 radical (unpaired) electrons. The van der Waals surface area contributed by atoms with E-state index in [1.165, 1.54) is 21.8 Å². The number of esters is 1. The van der Waals surface area contributed by atoms with Gasteiger partial charge in [0.25, 0.3) is 0 Å². The van der Waals surface area contributed by atoms with E-state index < -0.39 is 5.97 Å². The topological polar surface area (TPSA) is 63.7 Å². The summed E-state index contributed by atoms with van der Waals surface area (Å²) in [5.41, 5.74) is 4.74. The number of hydrogen-bond donors (Lipinski definition) is 0. The van der Waals surface area contributed by atoms with Crippen molar-refractivity contribution in [2.24, 2.45) is 5.92 Å². The van der Waals surface area contributed by atoms with Crippen molar-refractivity contribution in [2.45, 2.75) is 45.4 Å². The molecule has 150 valence electrons. The van der Waals surface area contributed by atoms with Crippen LogP contribution < -0.4 is 4.90 Å². The van der Waals surface area contributed by atoms with Crippen LogP contribution in [-0.4, -0.2) is 30.8 Å². The van der Waals surface area contributed by atoms with Crippen LogP contribution >= 0.6 is 11.3 Å². The molecule has 29 heavy (non-hydrogen) atoms. The second-order valence-corrected chi connectivity index (χ2v) is 9.51. The number of nitrogens with zero attached hydrogens (tertiary/aromatic N) is 1. The van der Waals surface area contributed by atoms with Crippen LogP contribution in [0, 0.1) is 5.92 Å². The first-order valence-corrected chi connectivity index (χ1v) is 11.1. The molecule has 0 bridgehead atoms. The Morgan fingerprint density at radius 2 is 2.00 bits per heavy atom. The van der Waals surface area contributed by atoms with Gasteiger partial charge in [-0.1, -0.05) is 6.92 Å². The Balaban J connectivity index is 1.29. The molecule has 1 atom stereocenters. The molecule has 1 amide bonds. The number of fused-ring (bicyclic) bond motifs is 1. The summed E-state index contributed by atoms with van der Waals surface area (Å²) in [4.78, 5) is 41.0. The zero-order valence-electron chi connectivity index (χ0n) is 16.5. The summed E-state index contributed by atoms with van der Waals surface area (Å²) < 4.78 is 5.34. The van der Waals surface area contributed by atoms with Crippen molar-refractivity contribution in [1.29, 1.82) is 0 Å². The molecule has 0 spiro atoms. The Morgan fingerprint density at radius 3 is 2.86 bits per heavy atom. The van der Waals surface area contributed by atoms with Gasteiger partial charge in [-0.3, -0.25) is 9.59 Å². The molecule has 6 heteroatoms. The van der Waals surface area contributed by atoms with E-state index >= 15 is 0 Å². The molecule has 3 heterocycles. The number of carbonyl (C=O) groups excluding carboxylic acids is 3.